The highest BCUT2D eigenvalue weighted by atomic mass is 16.5. The van der Waals surface area contributed by atoms with Crippen molar-refractivity contribution in [1.82, 2.24) is 5.32 Å². The van der Waals surface area contributed by atoms with E-state index in [4.69, 9.17) is 14.2 Å². The Kier molecular flexibility index (Phi) is 5.55. The van der Waals surface area contributed by atoms with Gasteiger partial charge in [0.25, 0.3) is 0 Å². The Balaban J connectivity index is 1.74. The highest BCUT2D eigenvalue weighted by Gasteiger charge is 2.34. The molecule has 0 saturated carbocycles. The lowest BCUT2D eigenvalue weighted by Crippen LogP contribution is -2.45. The third kappa shape index (κ3) is 4.42. The minimum atomic E-state index is -0.305. The Hall–Kier alpha value is -1.63. The lowest BCUT2D eigenvalue weighted by atomic mass is 10.0. The number of benzene rings is 1. The molecule has 0 aliphatic carbocycles. The van der Waals surface area contributed by atoms with Crippen LogP contribution in [0.2, 0.25) is 0 Å². The summed E-state index contributed by atoms with van der Waals surface area (Å²) in [7, 11) is 3.28. The van der Waals surface area contributed by atoms with Gasteiger partial charge < -0.3 is 24.8 Å². The maximum Gasteiger partial charge on any atom is 0.238 e. The molecular weight excluding hydrogens is 272 g/mol. The van der Waals surface area contributed by atoms with Gasteiger partial charge in [0.05, 0.1) is 20.3 Å². The number of nitrogens with one attached hydrogen (secondary N) is 2. The molecule has 0 radical (unpaired) electrons. The second kappa shape index (κ2) is 7.40. The third-order valence-corrected chi connectivity index (χ3v) is 3.61. The van der Waals surface area contributed by atoms with Crippen molar-refractivity contribution >= 4 is 11.6 Å². The van der Waals surface area contributed by atoms with Crippen LogP contribution in [0.3, 0.4) is 0 Å². The number of anilines is 1. The molecule has 1 unspecified atom stereocenters. The highest BCUT2D eigenvalue weighted by molar-refractivity contribution is 5.92. The van der Waals surface area contributed by atoms with Crippen molar-refractivity contribution in [3.8, 4) is 5.75 Å². The average Bonchev–Trinajstić information content (AvgIpc) is 2.97. The maximum atomic E-state index is 11.9. The van der Waals surface area contributed by atoms with E-state index < -0.39 is 0 Å². The summed E-state index contributed by atoms with van der Waals surface area (Å²) in [4.78, 5) is 11.9. The highest BCUT2D eigenvalue weighted by Crippen LogP contribution is 2.21. The Morgan fingerprint density at radius 3 is 2.67 bits per heavy atom. The van der Waals surface area contributed by atoms with Crippen molar-refractivity contribution in [2.24, 2.45) is 0 Å². The van der Waals surface area contributed by atoms with Gasteiger partial charge >= 0.3 is 0 Å². The summed E-state index contributed by atoms with van der Waals surface area (Å²) in [6, 6.07) is 7.22. The van der Waals surface area contributed by atoms with Crippen molar-refractivity contribution in [2.45, 2.75) is 12.0 Å². The van der Waals surface area contributed by atoms with Crippen LogP contribution >= 0.6 is 0 Å². The molecule has 1 fully saturated rings. The molecule has 0 spiro atoms. The zero-order valence-electron chi connectivity index (χ0n) is 12.5. The van der Waals surface area contributed by atoms with Gasteiger partial charge in [-0.1, -0.05) is 0 Å². The number of methoxy groups -OCH3 is 2. The molecule has 1 aliphatic heterocycles. The molecule has 1 atom stereocenters. The van der Waals surface area contributed by atoms with Crippen LogP contribution in [-0.2, 0) is 14.3 Å². The van der Waals surface area contributed by atoms with E-state index in [9.17, 15) is 4.79 Å². The molecular formula is C15H22N2O4. The molecule has 1 aromatic rings. The van der Waals surface area contributed by atoms with Crippen LogP contribution in [0.5, 0.6) is 5.75 Å². The predicted octanol–water partition coefficient (Wildman–Crippen LogP) is 1.03. The zero-order valence-corrected chi connectivity index (χ0v) is 12.5. The SMILES string of the molecule is COc1ccc(NC(=O)CNCC2(OC)CCOC2)cc1. The van der Waals surface area contributed by atoms with Gasteiger partial charge in [0.2, 0.25) is 5.91 Å². The number of carbonyl (C=O) groups is 1. The standard InChI is InChI=1S/C15H22N2O4/c1-19-13-5-3-12(4-6-13)17-14(18)9-16-10-15(20-2)7-8-21-11-15/h3-6,16H,7-11H2,1-2H3,(H,17,18). The minimum Gasteiger partial charge on any atom is -0.497 e. The Morgan fingerprint density at radius 1 is 1.33 bits per heavy atom. The molecule has 1 heterocycles. The van der Waals surface area contributed by atoms with Gasteiger partial charge in [-0.2, -0.15) is 0 Å². The first-order valence-electron chi connectivity index (χ1n) is 6.95. The van der Waals surface area contributed by atoms with Crippen LogP contribution < -0.4 is 15.4 Å². The zero-order chi connectivity index (χ0) is 15.1. The van der Waals surface area contributed by atoms with Crippen LogP contribution in [0.25, 0.3) is 0 Å². The van der Waals surface area contributed by atoms with Crippen molar-refractivity contribution in [3.63, 3.8) is 0 Å². The van der Waals surface area contributed by atoms with Gasteiger partial charge in [-0.25, -0.2) is 0 Å². The first-order valence-corrected chi connectivity index (χ1v) is 6.95. The molecule has 116 valence electrons. The second-order valence-electron chi connectivity index (χ2n) is 5.07. The molecule has 1 saturated heterocycles. The van der Waals surface area contributed by atoms with Gasteiger partial charge in [0, 0.05) is 32.4 Å². The summed E-state index contributed by atoms with van der Waals surface area (Å²) >= 11 is 0. The van der Waals surface area contributed by atoms with Gasteiger partial charge in [0.15, 0.2) is 0 Å². The number of hydrogen-bond acceptors (Lipinski definition) is 5. The first kappa shape index (κ1) is 15.8. The average molecular weight is 294 g/mol. The van der Waals surface area contributed by atoms with Gasteiger partial charge in [0.1, 0.15) is 11.4 Å². The molecule has 0 bridgehead atoms. The van der Waals surface area contributed by atoms with Gasteiger partial charge in [-0.3, -0.25) is 4.79 Å². The van der Waals surface area contributed by atoms with E-state index in [1.54, 1.807) is 38.5 Å². The van der Waals surface area contributed by atoms with Crippen LogP contribution in [0, 0.1) is 0 Å². The fourth-order valence-corrected chi connectivity index (χ4v) is 2.24. The Bertz CT molecular complexity index is 455. The minimum absolute atomic E-state index is 0.0923. The number of ether oxygens (including phenoxy) is 3. The van der Waals surface area contributed by atoms with Crippen LogP contribution in [0.15, 0.2) is 24.3 Å². The van der Waals surface area contributed by atoms with Crippen LogP contribution in [0.1, 0.15) is 6.42 Å². The summed E-state index contributed by atoms with van der Waals surface area (Å²) in [5.74, 6) is 0.666. The van der Waals surface area contributed by atoms with E-state index in [-0.39, 0.29) is 18.1 Å². The third-order valence-electron chi connectivity index (χ3n) is 3.61. The largest absolute Gasteiger partial charge is 0.497 e. The fraction of sp³-hybridized carbons (Fsp3) is 0.533. The first-order chi connectivity index (χ1) is 10.2. The second-order valence-corrected chi connectivity index (χ2v) is 5.07. The Labute approximate surface area is 124 Å². The van der Waals surface area contributed by atoms with Crippen LogP contribution in [-0.4, -0.2) is 52.0 Å². The molecule has 0 aromatic heterocycles. The smallest absolute Gasteiger partial charge is 0.238 e. The fourth-order valence-electron chi connectivity index (χ4n) is 2.24. The number of carbonyl (C=O) groups excluding carboxylic acids is 1. The topological polar surface area (TPSA) is 68.8 Å². The van der Waals surface area contributed by atoms with E-state index in [0.29, 0.717) is 19.8 Å². The molecule has 6 heteroatoms. The lowest BCUT2D eigenvalue weighted by molar-refractivity contribution is -0.115. The lowest BCUT2D eigenvalue weighted by Gasteiger charge is -2.25. The van der Waals surface area contributed by atoms with E-state index in [2.05, 4.69) is 10.6 Å². The van der Waals surface area contributed by atoms with E-state index in [0.717, 1.165) is 17.9 Å². The number of amides is 1. The Morgan fingerprint density at radius 2 is 2.10 bits per heavy atom. The molecule has 1 aromatic carbocycles. The van der Waals surface area contributed by atoms with E-state index >= 15 is 0 Å². The van der Waals surface area contributed by atoms with Crippen molar-refractivity contribution in [2.75, 3.05) is 45.8 Å². The number of rotatable bonds is 7. The van der Waals surface area contributed by atoms with E-state index in [1.807, 2.05) is 0 Å². The summed E-state index contributed by atoms with van der Waals surface area (Å²) < 4.78 is 15.9. The summed E-state index contributed by atoms with van der Waals surface area (Å²) in [5.41, 5.74) is 0.439. The molecule has 2 rings (SSSR count). The molecule has 1 amide bonds. The normalized spacial score (nSPS) is 21.2. The van der Waals surface area contributed by atoms with Crippen molar-refractivity contribution < 1.29 is 19.0 Å². The summed E-state index contributed by atoms with van der Waals surface area (Å²) in [6.45, 7) is 2.10. The molecule has 1 aliphatic rings. The molecule has 6 nitrogen and oxygen atoms in total. The van der Waals surface area contributed by atoms with Crippen LogP contribution in [0.4, 0.5) is 5.69 Å². The van der Waals surface area contributed by atoms with Gasteiger partial charge in [-0.05, 0) is 24.3 Å². The monoisotopic (exact) mass is 294 g/mol. The van der Waals surface area contributed by atoms with Gasteiger partial charge in [-0.15, -0.1) is 0 Å². The summed E-state index contributed by atoms with van der Waals surface area (Å²) in [5, 5.41) is 5.94. The predicted molar refractivity (Wildman–Crippen MR) is 79.7 cm³/mol. The maximum absolute atomic E-state index is 11.9. The van der Waals surface area contributed by atoms with Crippen molar-refractivity contribution in [3.05, 3.63) is 24.3 Å². The molecule has 2 N–H and O–H groups in total. The quantitative estimate of drug-likeness (QED) is 0.786. The summed E-state index contributed by atoms with van der Waals surface area (Å²) in [6.07, 6.45) is 0.844. The number of hydrogen-bond donors (Lipinski definition) is 2. The molecule has 21 heavy (non-hydrogen) atoms. The van der Waals surface area contributed by atoms with Crippen molar-refractivity contribution in [1.29, 1.82) is 0 Å². The van der Waals surface area contributed by atoms with E-state index in [1.165, 1.54) is 0 Å².